The Labute approximate surface area is 300 Å². The van der Waals surface area contributed by atoms with Crippen LogP contribution >= 0.6 is 11.3 Å². The molecule has 3 aromatic carbocycles. The summed E-state index contributed by atoms with van der Waals surface area (Å²) in [6, 6.07) is 23.4. The van der Waals surface area contributed by atoms with Crippen molar-refractivity contribution in [1.29, 1.82) is 0 Å². The number of hydrogen-bond acceptors (Lipinski definition) is 8. The number of nitrogens with one attached hydrogen (secondary N) is 2. The normalized spacial score (nSPS) is 14.7. The summed E-state index contributed by atoms with van der Waals surface area (Å²) in [5, 5.41) is 39.0. The van der Waals surface area contributed by atoms with E-state index in [1.165, 1.54) is 12.1 Å². The van der Waals surface area contributed by atoms with Crippen LogP contribution in [0.15, 0.2) is 94.4 Å². The highest BCUT2D eigenvalue weighted by Gasteiger charge is 2.43. The van der Waals surface area contributed by atoms with Crippen molar-refractivity contribution in [3.63, 3.8) is 0 Å². The molecule has 10 nitrogen and oxygen atoms in total. The first-order valence-corrected chi connectivity index (χ1v) is 18.3. The largest absolute Gasteiger partial charge is 0.506 e. The first-order valence-electron chi connectivity index (χ1n) is 17.3. The number of carboxylic acids is 1. The number of carboxylic acid groups (broad SMARTS) is 1. The predicted octanol–water partition coefficient (Wildman–Crippen LogP) is 6.02. The lowest BCUT2D eigenvalue weighted by molar-refractivity contribution is -0.148. The maximum atomic E-state index is 13.4. The summed E-state index contributed by atoms with van der Waals surface area (Å²) in [6.45, 7) is 2.38. The number of phenols is 1. The molecule has 51 heavy (non-hydrogen) atoms. The molecule has 2 aromatic heterocycles. The van der Waals surface area contributed by atoms with E-state index in [1.807, 2.05) is 60.0 Å². The second-order valence-electron chi connectivity index (χ2n) is 13.1. The fourth-order valence-corrected chi connectivity index (χ4v) is 7.53. The van der Waals surface area contributed by atoms with Gasteiger partial charge in [-0.1, -0.05) is 42.5 Å². The van der Waals surface area contributed by atoms with E-state index in [-0.39, 0.29) is 23.6 Å². The van der Waals surface area contributed by atoms with E-state index in [0.29, 0.717) is 62.1 Å². The smallest absolute Gasteiger partial charge is 0.314 e. The van der Waals surface area contributed by atoms with Crippen molar-refractivity contribution in [3.05, 3.63) is 117 Å². The third kappa shape index (κ3) is 8.33. The molecule has 0 radical (unpaired) electrons. The number of aliphatic hydroxyl groups is 1. The quantitative estimate of drug-likeness (QED) is 0.0828. The number of ether oxygens (including phenoxy) is 1. The fraction of sp³-hybridized carbons (Fsp3) is 0.325. The summed E-state index contributed by atoms with van der Waals surface area (Å²) in [5.41, 5.74) is 3.30. The number of rotatable bonds is 15. The minimum Gasteiger partial charge on any atom is -0.506 e. The Morgan fingerprint density at radius 3 is 2.53 bits per heavy atom. The van der Waals surface area contributed by atoms with Gasteiger partial charge in [-0.2, -0.15) is 11.3 Å². The van der Waals surface area contributed by atoms with Gasteiger partial charge in [0.1, 0.15) is 11.5 Å². The second-order valence-corrected chi connectivity index (χ2v) is 13.8. The highest BCUT2D eigenvalue weighted by atomic mass is 32.1. The Kier molecular flexibility index (Phi) is 11.5. The Morgan fingerprint density at radius 1 is 0.980 bits per heavy atom. The molecule has 0 aliphatic carbocycles. The topological polar surface area (TPSA) is 152 Å². The molecule has 3 heterocycles. The van der Waals surface area contributed by atoms with Gasteiger partial charge in [0.15, 0.2) is 0 Å². The van der Waals surface area contributed by atoms with Crippen LogP contribution in [0, 0.1) is 0 Å². The molecule has 1 unspecified atom stereocenters. The third-order valence-electron chi connectivity index (χ3n) is 9.80. The van der Waals surface area contributed by atoms with Crippen molar-refractivity contribution < 1.29 is 29.6 Å². The van der Waals surface area contributed by atoms with Gasteiger partial charge in [-0.25, -0.2) is 0 Å². The van der Waals surface area contributed by atoms with E-state index in [9.17, 15) is 29.7 Å². The number of amides is 1. The number of H-pyrrole nitrogens is 1. The van der Waals surface area contributed by atoms with Crippen LogP contribution in [0.2, 0.25) is 0 Å². The summed E-state index contributed by atoms with van der Waals surface area (Å²) in [5.74, 6) is -0.127. The number of aromatic nitrogens is 1. The molecule has 5 aromatic rings. The predicted molar refractivity (Wildman–Crippen MR) is 198 cm³/mol. The number of aromatic amines is 1. The zero-order valence-electron chi connectivity index (χ0n) is 28.3. The molecular weight excluding hydrogens is 667 g/mol. The number of piperidine rings is 1. The van der Waals surface area contributed by atoms with Crippen molar-refractivity contribution in [2.45, 2.75) is 50.0 Å². The van der Waals surface area contributed by atoms with E-state index in [4.69, 9.17) is 4.74 Å². The summed E-state index contributed by atoms with van der Waals surface area (Å²) in [6.07, 6.45) is 2.86. The van der Waals surface area contributed by atoms with Gasteiger partial charge in [0.2, 0.25) is 11.5 Å². The number of thiophene rings is 1. The maximum absolute atomic E-state index is 13.4. The summed E-state index contributed by atoms with van der Waals surface area (Å²) < 4.78 is 6.23. The molecular formula is C40H43N3O7S. The molecule has 266 valence electrons. The van der Waals surface area contributed by atoms with Crippen LogP contribution in [0.1, 0.15) is 54.9 Å². The number of carbonyl (C=O) groups is 2. The van der Waals surface area contributed by atoms with Crippen LogP contribution in [0.4, 0.5) is 0 Å². The van der Waals surface area contributed by atoms with Crippen molar-refractivity contribution in [2.75, 3.05) is 32.8 Å². The molecule has 0 saturated carbocycles. The number of fused-ring (bicyclic) bond motifs is 1. The Balaban J connectivity index is 0.969. The number of pyridine rings is 1. The second kappa shape index (κ2) is 16.4. The number of likely N-dealkylation sites (tertiary alicyclic amines) is 1. The molecule has 0 spiro atoms. The minimum absolute atomic E-state index is 0.0131. The zero-order chi connectivity index (χ0) is 35.8. The highest BCUT2D eigenvalue weighted by molar-refractivity contribution is 7.08. The lowest BCUT2D eigenvalue weighted by atomic mass is 9.73. The van der Waals surface area contributed by atoms with E-state index < -0.39 is 17.5 Å². The first kappa shape index (κ1) is 35.8. The van der Waals surface area contributed by atoms with Gasteiger partial charge in [0.25, 0.3) is 0 Å². The molecule has 5 N–H and O–H groups in total. The van der Waals surface area contributed by atoms with Gasteiger partial charge in [0.05, 0.1) is 30.1 Å². The average molecular weight is 710 g/mol. The number of unbranched alkanes of at least 4 members (excludes halogenated alkanes) is 2. The van der Waals surface area contributed by atoms with Crippen LogP contribution in [0.25, 0.3) is 22.0 Å². The number of benzene rings is 3. The maximum Gasteiger partial charge on any atom is 0.314 e. The monoisotopic (exact) mass is 709 g/mol. The van der Waals surface area contributed by atoms with E-state index in [2.05, 4.69) is 15.7 Å². The van der Waals surface area contributed by atoms with Gasteiger partial charge < -0.3 is 35.3 Å². The molecule has 1 saturated heterocycles. The van der Waals surface area contributed by atoms with Crippen molar-refractivity contribution in [2.24, 2.45) is 0 Å². The van der Waals surface area contributed by atoms with E-state index in [1.54, 1.807) is 28.4 Å². The number of nitrogens with zero attached hydrogens (tertiary/aromatic N) is 1. The van der Waals surface area contributed by atoms with Crippen LogP contribution < -0.4 is 15.6 Å². The van der Waals surface area contributed by atoms with Crippen LogP contribution in [0.3, 0.4) is 0 Å². The lowest BCUT2D eigenvalue weighted by Gasteiger charge is -2.39. The van der Waals surface area contributed by atoms with Gasteiger partial charge >= 0.3 is 5.97 Å². The number of hydrogen-bond donors (Lipinski definition) is 5. The van der Waals surface area contributed by atoms with E-state index >= 15 is 0 Å². The number of aromatic hydroxyl groups is 1. The zero-order valence-corrected chi connectivity index (χ0v) is 29.2. The fourth-order valence-electron chi connectivity index (χ4n) is 6.87. The van der Waals surface area contributed by atoms with Crippen molar-refractivity contribution in [3.8, 4) is 22.6 Å². The first-order chi connectivity index (χ1) is 24.7. The average Bonchev–Trinajstić information content (AvgIpc) is 3.69. The van der Waals surface area contributed by atoms with Crippen LogP contribution in [-0.4, -0.2) is 69.9 Å². The van der Waals surface area contributed by atoms with Crippen molar-refractivity contribution >= 4 is 34.1 Å². The molecule has 11 heteroatoms. The number of aliphatic hydroxyl groups excluding tert-OH is 1. The summed E-state index contributed by atoms with van der Waals surface area (Å²) in [4.78, 5) is 41.8. The molecule has 0 bridgehead atoms. The SMILES string of the molecule is O=C(Cc1ccc(OCCCCCNCC(O)c2ccc(O)c3[nH]c(=O)ccc23)c(-c2ccsc2)c1)N1CCC(C(=O)O)(c2ccccc2)CC1. The minimum atomic E-state index is -0.975. The Morgan fingerprint density at radius 2 is 1.78 bits per heavy atom. The molecule has 6 rings (SSSR count). The molecule has 1 aliphatic heterocycles. The third-order valence-corrected chi connectivity index (χ3v) is 10.5. The number of carbonyl (C=O) groups excluding carboxylic acids is 1. The summed E-state index contributed by atoms with van der Waals surface area (Å²) in [7, 11) is 0. The molecule has 1 fully saturated rings. The van der Waals surface area contributed by atoms with Gasteiger partial charge in [-0.3, -0.25) is 14.4 Å². The lowest BCUT2D eigenvalue weighted by Crippen LogP contribution is -2.49. The summed E-state index contributed by atoms with van der Waals surface area (Å²) >= 11 is 1.60. The highest BCUT2D eigenvalue weighted by Crippen LogP contribution is 2.37. The van der Waals surface area contributed by atoms with Gasteiger partial charge in [-0.15, -0.1) is 0 Å². The standard InChI is InChI=1S/C40H43N3O7S/c44-33-12-10-30(31-11-14-36(46)42-38(31)33)34(45)25-41-18-5-2-6-21-50-35-13-9-27(23-32(35)28-15-22-51-26-28)24-37(47)43-19-16-40(17-20-43,39(48)49)29-7-3-1-4-8-29/h1,3-4,7-15,22-23,26,34,41,44-45H,2,5-6,16-21,24-25H2,(H,42,46)(H,48,49). The Hall–Kier alpha value is -4.97. The Bertz CT molecular complexity index is 2000. The molecule has 1 amide bonds. The van der Waals surface area contributed by atoms with Crippen LogP contribution in [0.5, 0.6) is 11.5 Å². The van der Waals surface area contributed by atoms with Gasteiger partial charge in [0, 0.05) is 36.7 Å². The van der Waals surface area contributed by atoms with Crippen LogP contribution in [-0.2, 0) is 21.4 Å². The number of aliphatic carboxylic acids is 1. The van der Waals surface area contributed by atoms with Crippen molar-refractivity contribution in [1.82, 2.24) is 15.2 Å². The van der Waals surface area contributed by atoms with Gasteiger partial charge in [-0.05, 0) is 102 Å². The van der Waals surface area contributed by atoms with E-state index in [0.717, 1.165) is 47.3 Å². The molecule has 1 aliphatic rings. The number of phenolic OH excluding ortho intramolecular Hbond substituents is 1. The molecule has 1 atom stereocenters.